The summed E-state index contributed by atoms with van der Waals surface area (Å²) < 4.78 is 22.5. The van der Waals surface area contributed by atoms with E-state index >= 15 is 0 Å². The minimum atomic E-state index is -0.902. The van der Waals surface area contributed by atoms with Crippen molar-refractivity contribution in [2.45, 2.75) is 31.8 Å². The van der Waals surface area contributed by atoms with Crippen molar-refractivity contribution >= 4 is 5.78 Å². The van der Waals surface area contributed by atoms with Crippen LogP contribution in [0.3, 0.4) is 0 Å². The van der Waals surface area contributed by atoms with Crippen LogP contribution in [0.15, 0.2) is 24.3 Å². The van der Waals surface area contributed by atoms with Gasteiger partial charge < -0.3 is 5.11 Å². The molecule has 1 saturated carbocycles. The molecule has 0 saturated heterocycles. The molecule has 0 aromatic heterocycles. The van der Waals surface area contributed by atoms with Crippen molar-refractivity contribution in [3.05, 3.63) is 55.3 Å². The van der Waals surface area contributed by atoms with Crippen molar-refractivity contribution in [2.24, 2.45) is 5.41 Å². The third-order valence-corrected chi connectivity index (χ3v) is 4.25. The van der Waals surface area contributed by atoms with Gasteiger partial charge in [0, 0.05) is 5.56 Å². The Morgan fingerprint density at radius 3 is 2.09 bits per heavy atom. The molecule has 1 N–H and O–H groups in total. The van der Waals surface area contributed by atoms with Gasteiger partial charge in [0.25, 0.3) is 0 Å². The molecule has 2 aliphatic carbocycles. The summed E-state index contributed by atoms with van der Waals surface area (Å²) in [6.07, 6.45) is 2.45. The third kappa shape index (κ3) is 3.18. The Morgan fingerprint density at radius 1 is 1.05 bits per heavy atom. The summed E-state index contributed by atoms with van der Waals surface area (Å²) in [7, 11) is 0. The van der Waals surface area contributed by atoms with Crippen LogP contribution in [-0.2, 0) is 36.9 Å². The molecule has 1 aromatic rings. The molecular weight excluding hydrogens is 324 g/mol. The zero-order valence-electron chi connectivity index (χ0n) is 11.9. The first kappa shape index (κ1) is 22.9. The fourth-order valence-electron chi connectivity index (χ4n) is 3.25. The summed E-state index contributed by atoms with van der Waals surface area (Å²) in [5.74, 6) is 0.123. The largest absolute Gasteiger partial charge is 6.00 e. The van der Waals surface area contributed by atoms with E-state index in [0.717, 1.165) is 24.0 Å². The van der Waals surface area contributed by atoms with Gasteiger partial charge in [-0.15, -0.1) is 0 Å². The van der Waals surface area contributed by atoms with Crippen LogP contribution in [0, 0.1) is 25.4 Å². The Labute approximate surface area is 140 Å². The quantitative estimate of drug-likeness (QED) is 0.579. The van der Waals surface area contributed by atoms with Crippen molar-refractivity contribution in [3.63, 3.8) is 0 Å². The van der Waals surface area contributed by atoms with Gasteiger partial charge in [-0.3, -0.25) is 4.79 Å². The van der Waals surface area contributed by atoms with Crippen LogP contribution in [-0.4, -0.2) is 10.9 Å². The Hall–Kier alpha value is -1.40. The number of hydrogen-bond acceptors (Lipinski definition) is 2. The molecule has 5 nitrogen and oxygen atoms in total. The maximum Gasteiger partial charge on any atom is 6.00 e. The van der Waals surface area contributed by atoms with Gasteiger partial charge in [0.2, 0.25) is 0 Å². The van der Waals surface area contributed by atoms with E-state index in [0.29, 0.717) is 6.42 Å². The fourth-order valence-corrected chi connectivity index (χ4v) is 3.25. The van der Waals surface area contributed by atoms with E-state index in [9.17, 15) is 9.90 Å². The number of Topliss-reactive ketones (excluding diaryl/α,β-unsaturated/α-hetero) is 1. The molecule has 0 bridgehead atoms. The molecule has 0 amide bonds. The Kier molecular flexibility index (Phi) is 9.97. The second-order valence-electron chi connectivity index (χ2n) is 4.92. The van der Waals surface area contributed by atoms with Crippen molar-refractivity contribution in [2.75, 3.05) is 0 Å². The molecule has 0 aliphatic heterocycles. The van der Waals surface area contributed by atoms with E-state index in [1.54, 1.807) is 0 Å². The molecule has 2 atom stereocenters. The smallest absolute Gasteiger partial charge is 6.00 e. The Bertz CT molecular complexity index is 563. The zero-order valence-corrected chi connectivity index (χ0v) is 13.2. The summed E-state index contributed by atoms with van der Waals surface area (Å²) in [6, 6.07) is 7.49. The van der Waals surface area contributed by atoms with E-state index in [1.165, 1.54) is 0 Å². The first-order valence-corrected chi connectivity index (χ1v) is 6.07. The van der Waals surface area contributed by atoms with Crippen molar-refractivity contribution in [3.8, 4) is 0 Å². The summed E-state index contributed by atoms with van der Waals surface area (Å²) in [5.41, 5.74) is 0.0920. The molecule has 6 heteroatoms. The number of carbonyl (C=O) groups excluding carboxylic acids is 1. The van der Waals surface area contributed by atoms with E-state index in [2.05, 4.69) is 20.0 Å². The zero-order chi connectivity index (χ0) is 16.7. The minimum absolute atomic E-state index is 0. The van der Waals surface area contributed by atoms with Gasteiger partial charge >= 0.3 is 51.3 Å². The van der Waals surface area contributed by atoms with Crippen LogP contribution in [0.4, 0.5) is 0 Å². The van der Waals surface area contributed by atoms with E-state index in [1.807, 2.05) is 31.2 Å². The van der Waals surface area contributed by atoms with Crippen LogP contribution in [0.1, 0.15) is 42.1 Å². The van der Waals surface area contributed by atoms with E-state index < -0.39 is 11.0 Å². The van der Waals surface area contributed by atoms with Crippen LogP contribution >= 0.6 is 0 Å². The van der Waals surface area contributed by atoms with E-state index in [4.69, 9.17) is 14.0 Å². The number of aliphatic hydroxyl groups is 1. The molecule has 2 aliphatic rings. The first-order valence-electron chi connectivity index (χ1n) is 6.07. The van der Waals surface area contributed by atoms with Crippen molar-refractivity contribution in [1.82, 2.24) is 0 Å². The fraction of sp³-hybridized carbons (Fsp3) is 0.375. The number of rotatable bonds is 0. The van der Waals surface area contributed by atoms with Crippen LogP contribution in [0.2, 0.25) is 0 Å². The summed E-state index contributed by atoms with van der Waals surface area (Å²) in [5, 5.41) is 10.7. The molecule has 3 rings (SSSR count). The molecule has 1 aromatic carbocycles. The number of ketones is 1. The summed E-state index contributed by atoms with van der Waals surface area (Å²) in [4.78, 5) is 12.2. The average molecular weight is 338 g/mol. The maximum absolute atomic E-state index is 12.2. The third-order valence-electron chi connectivity index (χ3n) is 4.25. The molecule has 0 heterocycles. The maximum atomic E-state index is 12.2. The van der Waals surface area contributed by atoms with Gasteiger partial charge in [-0.05, 0) is 31.7 Å². The van der Waals surface area contributed by atoms with Gasteiger partial charge in [-0.2, -0.15) is 0 Å². The number of benzene rings is 1. The number of fused-ring (bicyclic) bond motifs is 3. The minimum Gasteiger partial charge on any atom is 6.00 e. The van der Waals surface area contributed by atoms with Gasteiger partial charge in [0.1, 0.15) is 5.60 Å². The first-order chi connectivity index (χ1) is 10.1. The molecular formula is C16H14CrO5+6. The predicted octanol–water partition coefficient (Wildman–Crippen LogP) is 2.15. The van der Waals surface area contributed by atoms with Gasteiger partial charge in [-0.25, -0.2) is 0 Å². The second-order valence-corrected chi connectivity index (χ2v) is 4.92. The number of hydrogen-bond donors (Lipinski definition) is 1. The molecule has 0 radical (unpaired) electrons. The Balaban J connectivity index is 0. The second kappa shape index (κ2) is 9.59. The van der Waals surface area contributed by atoms with Gasteiger partial charge in [-0.1, -0.05) is 24.3 Å². The summed E-state index contributed by atoms with van der Waals surface area (Å²) in [6.45, 7) is 15.4. The topological polar surface area (TPSA) is 97.0 Å². The van der Waals surface area contributed by atoms with Crippen LogP contribution in [0.5, 0.6) is 0 Å². The van der Waals surface area contributed by atoms with Crippen molar-refractivity contribution in [1.29, 1.82) is 0 Å². The van der Waals surface area contributed by atoms with E-state index in [-0.39, 0.29) is 23.1 Å². The molecule has 108 valence electrons. The van der Waals surface area contributed by atoms with Crippen LogP contribution in [0.25, 0.3) is 0 Å². The Morgan fingerprint density at radius 2 is 1.55 bits per heavy atom. The van der Waals surface area contributed by atoms with Crippen molar-refractivity contribution < 1.29 is 41.2 Å². The van der Waals surface area contributed by atoms with Gasteiger partial charge in [0.05, 0.1) is 5.41 Å². The van der Waals surface area contributed by atoms with Crippen LogP contribution < -0.4 is 0 Å². The SMILES string of the molecule is CC12CCCC1(O)c1ccccc1C2=O.[C-]#[O+].[C-]#[O+].[C-]#[O+].[Cr+6]. The molecule has 0 spiro atoms. The normalized spacial score (nSPS) is 26.1. The van der Waals surface area contributed by atoms with Gasteiger partial charge in [0.15, 0.2) is 5.78 Å². The standard InChI is InChI=1S/C13H14O2.3CO.Cr/c1-12-7-4-8-13(12,15)10-6-3-2-5-9(10)11(12)14;3*1-2;/h2-3,5-6,15H,4,7-8H2,1H3;;;;/q;;;;+6. The number of carbonyl (C=O) groups is 1. The molecule has 2 unspecified atom stereocenters. The molecule has 1 fully saturated rings. The monoisotopic (exact) mass is 338 g/mol. The molecule has 22 heavy (non-hydrogen) atoms. The average Bonchev–Trinajstić information content (AvgIpc) is 2.96. The summed E-state index contributed by atoms with van der Waals surface area (Å²) >= 11 is 0. The predicted molar refractivity (Wildman–Crippen MR) is 68.4 cm³/mol.